The number of ether oxygens (including phenoxy) is 2. The molecule has 2 aromatic carbocycles. The lowest BCUT2D eigenvalue weighted by molar-refractivity contribution is 0.0170. The SMILES string of the molecule is COC(=O)c1cccc(C(O)[C@H](O)c2cccc(C(=O)OC)c2)c1. The van der Waals surface area contributed by atoms with Crippen LogP contribution >= 0.6 is 0 Å². The summed E-state index contributed by atoms with van der Waals surface area (Å²) in [5.74, 6) is -1.07. The second-order valence-corrected chi connectivity index (χ2v) is 5.12. The largest absolute Gasteiger partial charge is 0.465 e. The highest BCUT2D eigenvalue weighted by molar-refractivity contribution is 5.90. The summed E-state index contributed by atoms with van der Waals surface area (Å²) in [7, 11) is 2.52. The number of rotatable bonds is 5. The lowest BCUT2D eigenvalue weighted by Crippen LogP contribution is -2.12. The van der Waals surface area contributed by atoms with Crippen molar-refractivity contribution < 1.29 is 29.3 Å². The summed E-state index contributed by atoms with van der Waals surface area (Å²) >= 11 is 0. The van der Waals surface area contributed by atoms with Gasteiger partial charge in [0.05, 0.1) is 25.3 Å². The van der Waals surface area contributed by atoms with Crippen molar-refractivity contribution in [2.75, 3.05) is 14.2 Å². The minimum Gasteiger partial charge on any atom is -0.465 e. The zero-order valence-corrected chi connectivity index (χ0v) is 13.3. The third kappa shape index (κ3) is 3.79. The first-order valence-electron chi connectivity index (χ1n) is 7.20. The van der Waals surface area contributed by atoms with Gasteiger partial charge < -0.3 is 19.7 Å². The van der Waals surface area contributed by atoms with Gasteiger partial charge in [-0.3, -0.25) is 0 Å². The molecule has 24 heavy (non-hydrogen) atoms. The number of aliphatic hydroxyl groups excluding tert-OH is 2. The lowest BCUT2D eigenvalue weighted by Gasteiger charge is -2.19. The van der Waals surface area contributed by atoms with Crippen LogP contribution in [0, 0.1) is 0 Å². The van der Waals surface area contributed by atoms with Crippen LogP contribution in [0.15, 0.2) is 48.5 Å². The second kappa shape index (κ2) is 7.72. The molecule has 6 heteroatoms. The minimum atomic E-state index is -1.28. The molecule has 6 nitrogen and oxygen atoms in total. The molecule has 0 radical (unpaired) electrons. The van der Waals surface area contributed by atoms with Crippen LogP contribution < -0.4 is 0 Å². The highest BCUT2D eigenvalue weighted by atomic mass is 16.5. The molecule has 2 rings (SSSR count). The van der Waals surface area contributed by atoms with E-state index in [2.05, 4.69) is 9.47 Å². The van der Waals surface area contributed by atoms with Crippen molar-refractivity contribution in [3.8, 4) is 0 Å². The van der Waals surface area contributed by atoms with E-state index in [0.717, 1.165) is 0 Å². The smallest absolute Gasteiger partial charge is 0.337 e. The van der Waals surface area contributed by atoms with Crippen LogP contribution in [-0.2, 0) is 9.47 Å². The highest BCUT2D eigenvalue weighted by Crippen LogP contribution is 2.29. The van der Waals surface area contributed by atoms with E-state index in [4.69, 9.17) is 0 Å². The highest BCUT2D eigenvalue weighted by Gasteiger charge is 2.22. The first-order valence-corrected chi connectivity index (χ1v) is 7.20. The summed E-state index contributed by atoms with van der Waals surface area (Å²) in [6.45, 7) is 0. The Morgan fingerprint density at radius 3 is 1.50 bits per heavy atom. The van der Waals surface area contributed by atoms with E-state index in [0.29, 0.717) is 11.1 Å². The Morgan fingerprint density at radius 2 is 1.17 bits per heavy atom. The zero-order valence-electron chi connectivity index (χ0n) is 13.3. The van der Waals surface area contributed by atoms with Crippen LogP contribution in [0.25, 0.3) is 0 Å². The van der Waals surface area contributed by atoms with E-state index in [1.54, 1.807) is 36.4 Å². The maximum atomic E-state index is 11.6. The van der Waals surface area contributed by atoms with E-state index in [-0.39, 0.29) is 11.1 Å². The minimum absolute atomic E-state index is 0.268. The molecule has 0 fully saturated rings. The number of methoxy groups -OCH3 is 2. The molecule has 2 N–H and O–H groups in total. The normalized spacial score (nSPS) is 13.0. The van der Waals surface area contributed by atoms with Crippen LogP contribution in [0.5, 0.6) is 0 Å². The molecule has 1 unspecified atom stereocenters. The first kappa shape index (κ1) is 17.7. The fourth-order valence-electron chi connectivity index (χ4n) is 2.30. The quantitative estimate of drug-likeness (QED) is 0.815. The molecule has 0 spiro atoms. The topological polar surface area (TPSA) is 93.1 Å². The summed E-state index contributed by atoms with van der Waals surface area (Å²) in [4.78, 5) is 23.1. The van der Waals surface area contributed by atoms with E-state index >= 15 is 0 Å². The molecule has 0 heterocycles. The fourth-order valence-corrected chi connectivity index (χ4v) is 2.30. The average molecular weight is 330 g/mol. The molecular formula is C18H18O6. The van der Waals surface area contributed by atoms with Gasteiger partial charge >= 0.3 is 11.9 Å². The standard InChI is InChI=1S/C18H18O6/c1-23-17(21)13-7-3-5-11(9-13)15(19)16(20)12-6-4-8-14(10-12)18(22)24-2/h3-10,15-16,19-20H,1-2H3/t15-,16?/m1/s1. The van der Waals surface area contributed by atoms with Gasteiger partial charge in [-0.15, -0.1) is 0 Å². The van der Waals surface area contributed by atoms with Gasteiger partial charge in [0.25, 0.3) is 0 Å². The summed E-state index contributed by atoms with van der Waals surface area (Å²) in [6, 6.07) is 12.3. The van der Waals surface area contributed by atoms with E-state index in [9.17, 15) is 19.8 Å². The Balaban J connectivity index is 2.28. The summed E-state index contributed by atoms with van der Waals surface area (Å²) in [5.41, 5.74) is 1.25. The molecule has 0 aliphatic rings. The second-order valence-electron chi connectivity index (χ2n) is 5.12. The molecule has 2 atom stereocenters. The molecule has 0 amide bonds. The summed E-state index contributed by atoms with van der Waals surface area (Å²) in [6.07, 6.45) is -2.55. The van der Waals surface area contributed by atoms with Gasteiger partial charge in [-0.2, -0.15) is 0 Å². The van der Waals surface area contributed by atoms with Gasteiger partial charge in [0, 0.05) is 0 Å². The zero-order chi connectivity index (χ0) is 17.7. The molecular weight excluding hydrogens is 312 g/mol. The third-order valence-corrected chi connectivity index (χ3v) is 3.60. The maximum absolute atomic E-state index is 11.6. The molecule has 126 valence electrons. The van der Waals surface area contributed by atoms with E-state index in [1.807, 2.05) is 0 Å². The first-order chi connectivity index (χ1) is 11.5. The van der Waals surface area contributed by atoms with Gasteiger partial charge in [-0.1, -0.05) is 24.3 Å². The average Bonchev–Trinajstić information content (AvgIpc) is 2.65. The van der Waals surface area contributed by atoms with Gasteiger partial charge in [0.1, 0.15) is 12.2 Å². The number of benzene rings is 2. The fraction of sp³-hybridized carbons (Fsp3) is 0.222. The molecule has 0 aliphatic heterocycles. The monoisotopic (exact) mass is 330 g/mol. The van der Waals surface area contributed by atoms with E-state index < -0.39 is 24.1 Å². The number of aliphatic hydroxyl groups is 2. The van der Waals surface area contributed by atoms with Crippen molar-refractivity contribution >= 4 is 11.9 Å². The predicted octanol–water partition coefficient (Wildman–Crippen LogP) is 2.03. The molecule has 0 aromatic heterocycles. The molecule has 0 saturated heterocycles. The van der Waals surface area contributed by atoms with Crippen LogP contribution in [0.4, 0.5) is 0 Å². The van der Waals surface area contributed by atoms with Crippen LogP contribution in [0.2, 0.25) is 0 Å². The number of hydrogen-bond donors (Lipinski definition) is 2. The number of carbonyl (C=O) groups is 2. The van der Waals surface area contributed by atoms with Gasteiger partial charge in [0.2, 0.25) is 0 Å². The predicted molar refractivity (Wildman–Crippen MR) is 85.5 cm³/mol. The van der Waals surface area contributed by atoms with Crippen molar-refractivity contribution in [2.24, 2.45) is 0 Å². The van der Waals surface area contributed by atoms with Crippen molar-refractivity contribution in [3.05, 3.63) is 70.8 Å². The Hall–Kier alpha value is -2.70. The van der Waals surface area contributed by atoms with Crippen molar-refractivity contribution in [1.29, 1.82) is 0 Å². The van der Waals surface area contributed by atoms with Gasteiger partial charge in [0.15, 0.2) is 0 Å². The summed E-state index contributed by atoms with van der Waals surface area (Å²) < 4.78 is 9.27. The van der Waals surface area contributed by atoms with Crippen molar-refractivity contribution in [1.82, 2.24) is 0 Å². The van der Waals surface area contributed by atoms with Crippen molar-refractivity contribution in [3.63, 3.8) is 0 Å². The Bertz CT molecular complexity index is 676. The van der Waals surface area contributed by atoms with Crippen LogP contribution in [0.3, 0.4) is 0 Å². The number of carbonyl (C=O) groups excluding carboxylic acids is 2. The maximum Gasteiger partial charge on any atom is 0.337 e. The summed E-state index contributed by atoms with van der Waals surface area (Å²) in [5, 5.41) is 20.8. The Labute approximate surface area is 139 Å². The van der Waals surface area contributed by atoms with Gasteiger partial charge in [-0.25, -0.2) is 9.59 Å². The van der Waals surface area contributed by atoms with Crippen LogP contribution in [-0.4, -0.2) is 36.4 Å². The third-order valence-electron chi connectivity index (χ3n) is 3.60. The number of esters is 2. The molecule has 0 saturated carbocycles. The molecule has 0 bridgehead atoms. The van der Waals surface area contributed by atoms with Crippen molar-refractivity contribution in [2.45, 2.75) is 12.2 Å². The van der Waals surface area contributed by atoms with E-state index in [1.165, 1.54) is 26.4 Å². The molecule has 0 aliphatic carbocycles. The Kier molecular flexibility index (Phi) is 5.68. The Morgan fingerprint density at radius 1 is 0.792 bits per heavy atom. The lowest BCUT2D eigenvalue weighted by atomic mass is 9.96. The van der Waals surface area contributed by atoms with Gasteiger partial charge in [-0.05, 0) is 35.4 Å². The molecule has 2 aromatic rings. The van der Waals surface area contributed by atoms with Crippen LogP contribution in [0.1, 0.15) is 44.1 Å². The number of hydrogen-bond acceptors (Lipinski definition) is 6.